The number of benzene rings is 6. The topological polar surface area (TPSA) is 34.2 Å². The Morgan fingerprint density at radius 2 is 1.35 bits per heavy atom. The van der Waals surface area contributed by atoms with Crippen LogP contribution in [-0.4, -0.2) is 14.8 Å². The molecule has 2 aromatic heterocycles. The Labute approximate surface area is 302 Å². The molecule has 3 aliphatic rings. The highest BCUT2D eigenvalue weighted by Gasteiger charge is 2.33. The van der Waals surface area contributed by atoms with Gasteiger partial charge in [0.15, 0.2) is 0 Å². The number of aromatic nitrogens is 2. The van der Waals surface area contributed by atoms with Crippen LogP contribution in [0.5, 0.6) is 0 Å². The van der Waals surface area contributed by atoms with E-state index in [4.69, 9.17) is 4.99 Å². The Morgan fingerprint density at radius 3 is 2.25 bits per heavy atom. The Bertz CT molecular complexity index is 2830. The zero-order valence-corrected chi connectivity index (χ0v) is 28.7. The SMILES string of the molecule is C1=CC2=NC(c3cccc(-n4c5ccccc5c5cc6c7c8c(ccc7n(-c7ccccc7)c6cc54)C=CCC8)c3)NC(c3ccccc3)C2C=C1. The number of rotatable bonds is 4. The van der Waals surface area contributed by atoms with Gasteiger partial charge in [0, 0.05) is 50.6 Å². The highest BCUT2D eigenvalue weighted by Crippen LogP contribution is 2.43. The first kappa shape index (κ1) is 29.5. The Morgan fingerprint density at radius 1 is 0.577 bits per heavy atom. The van der Waals surface area contributed by atoms with Crippen molar-refractivity contribution in [1.29, 1.82) is 0 Å². The highest BCUT2D eigenvalue weighted by molar-refractivity contribution is 6.20. The van der Waals surface area contributed by atoms with Crippen LogP contribution in [0, 0.1) is 5.92 Å². The zero-order valence-electron chi connectivity index (χ0n) is 28.7. The minimum Gasteiger partial charge on any atom is -0.309 e. The average Bonchev–Trinajstić information content (AvgIpc) is 3.72. The summed E-state index contributed by atoms with van der Waals surface area (Å²) in [6.45, 7) is 0. The van der Waals surface area contributed by atoms with E-state index in [0.29, 0.717) is 0 Å². The van der Waals surface area contributed by atoms with Crippen molar-refractivity contribution in [2.24, 2.45) is 10.9 Å². The summed E-state index contributed by atoms with van der Waals surface area (Å²) in [7, 11) is 0. The van der Waals surface area contributed by atoms with Crippen molar-refractivity contribution < 1.29 is 0 Å². The van der Waals surface area contributed by atoms with E-state index < -0.39 is 0 Å². The molecule has 0 saturated heterocycles. The van der Waals surface area contributed by atoms with Gasteiger partial charge >= 0.3 is 0 Å². The molecular formula is C48H36N4. The fourth-order valence-corrected chi connectivity index (χ4v) is 9.04. The Hall–Kier alpha value is -6.23. The summed E-state index contributed by atoms with van der Waals surface area (Å²) in [6, 6.07) is 49.1. The molecule has 6 aromatic carbocycles. The lowest BCUT2D eigenvalue weighted by molar-refractivity contribution is 0.398. The molecule has 0 amide bonds. The van der Waals surface area contributed by atoms with Crippen LogP contribution in [0.15, 0.2) is 169 Å². The summed E-state index contributed by atoms with van der Waals surface area (Å²) in [5.74, 6) is 0.199. The largest absolute Gasteiger partial charge is 0.309 e. The van der Waals surface area contributed by atoms with E-state index in [1.165, 1.54) is 66.0 Å². The van der Waals surface area contributed by atoms with Gasteiger partial charge in [0.2, 0.25) is 0 Å². The second-order valence-corrected chi connectivity index (χ2v) is 14.3. The van der Waals surface area contributed by atoms with Gasteiger partial charge in [-0.1, -0.05) is 115 Å². The maximum Gasteiger partial charge on any atom is 0.126 e. The average molecular weight is 669 g/mol. The van der Waals surface area contributed by atoms with Crippen molar-refractivity contribution in [3.8, 4) is 11.4 Å². The Kier molecular flexibility index (Phi) is 6.61. The lowest BCUT2D eigenvalue weighted by Crippen LogP contribution is -2.39. The van der Waals surface area contributed by atoms with Crippen molar-refractivity contribution in [2.45, 2.75) is 25.0 Å². The molecule has 0 fully saturated rings. The molecule has 0 spiro atoms. The van der Waals surface area contributed by atoms with Gasteiger partial charge in [0.1, 0.15) is 6.17 Å². The minimum atomic E-state index is -0.173. The van der Waals surface area contributed by atoms with E-state index in [1.807, 2.05) is 0 Å². The van der Waals surface area contributed by atoms with Gasteiger partial charge in [0.05, 0.1) is 22.1 Å². The molecule has 248 valence electrons. The number of allylic oxidation sites excluding steroid dienone is 4. The van der Waals surface area contributed by atoms with Crippen molar-refractivity contribution in [3.63, 3.8) is 0 Å². The van der Waals surface area contributed by atoms with Crippen LogP contribution in [0.1, 0.15) is 40.9 Å². The molecule has 3 atom stereocenters. The van der Waals surface area contributed by atoms with Crippen LogP contribution >= 0.6 is 0 Å². The number of aryl methyl sites for hydroxylation is 1. The number of nitrogens with one attached hydrogen (secondary N) is 1. The van der Waals surface area contributed by atoms with Crippen LogP contribution in [0.25, 0.3) is 61.1 Å². The number of nitrogens with zero attached hydrogens (tertiary/aromatic N) is 3. The summed E-state index contributed by atoms with van der Waals surface area (Å²) >= 11 is 0. The van der Waals surface area contributed by atoms with Crippen LogP contribution in [0.3, 0.4) is 0 Å². The maximum atomic E-state index is 5.29. The molecule has 1 aliphatic heterocycles. The van der Waals surface area contributed by atoms with Crippen molar-refractivity contribution in [1.82, 2.24) is 14.5 Å². The Balaban J connectivity index is 1.14. The van der Waals surface area contributed by atoms with Gasteiger partial charge in [-0.25, -0.2) is 0 Å². The second kappa shape index (κ2) is 11.7. The molecule has 4 nitrogen and oxygen atoms in total. The van der Waals surface area contributed by atoms with E-state index in [2.05, 4.69) is 184 Å². The van der Waals surface area contributed by atoms with Crippen LogP contribution < -0.4 is 5.32 Å². The van der Waals surface area contributed by atoms with Crippen LogP contribution in [0.2, 0.25) is 0 Å². The molecule has 3 heterocycles. The fourth-order valence-electron chi connectivity index (χ4n) is 9.04. The van der Waals surface area contributed by atoms with E-state index in [-0.39, 0.29) is 18.1 Å². The molecule has 0 radical (unpaired) electrons. The number of hydrogen-bond acceptors (Lipinski definition) is 2. The first-order chi connectivity index (χ1) is 25.8. The van der Waals surface area contributed by atoms with E-state index >= 15 is 0 Å². The van der Waals surface area contributed by atoms with Gasteiger partial charge in [-0.2, -0.15) is 0 Å². The van der Waals surface area contributed by atoms with Crippen LogP contribution in [0.4, 0.5) is 0 Å². The first-order valence-electron chi connectivity index (χ1n) is 18.4. The number of hydrogen-bond donors (Lipinski definition) is 1. The molecular weight excluding hydrogens is 633 g/mol. The third kappa shape index (κ3) is 4.47. The molecule has 8 aromatic rings. The lowest BCUT2D eigenvalue weighted by atomic mass is 9.84. The van der Waals surface area contributed by atoms with E-state index in [1.54, 1.807) is 0 Å². The summed E-state index contributed by atoms with van der Waals surface area (Å²) in [4.78, 5) is 5.29. The van der Waals surface area contributed by atoms with Gasteiger partial charge in [-0.3, -0.25) is 10.3 Å². The third-order valence-electron chi connectivity index (χ3n) is 11.4. The number of aliphatic imine (C=N–C) groups is 1. The summed E-state index contributed by atoms with van der Waals surface area (Å²) in [5.41, 5.74) is 13.5. The van der Waals surface area contributed by atoms with Gasteiger partial charge in [-0.15, -0.1) is 0 Å². The van der Waals surface area contributed by atoms with Gasteiger partial charge in [-0.05, 0) is 89.7 Å². The molecule has 2 aliphatic carbocycles. The molecule has 52 heavy (non-hydrogen) atoms. The third-order valence-corrected chi connectivity index (χ3v) is 11.4. The molecule has 0 bridgehead atoms. The smallest absolute Gasteiger partial charge is 0.126 e. The van der Waals surface area contributed by atoms with Crippen molar-refractivity contribution in [2.75, 3.05) is 0 Å². The van der Waals surface area contributed by atoms with Crippen LogP contribution in [-0.2, 0) is 6.42 Å². The molecule has 3 unspecified atom stereocenters. The first-order valence-corrected chi connectivity index (χ1v) is 18.4. The van der Waals surface area contributed by atoms with Gasteiger partial charge in [0.25, 0.3) is 0 Å². The summed E-state index contributed by atoms with van der Waals surface area (Å²) in [6.07, 6.45) is 15.3. The molecule has 4 heteroatoms. The minimum absolute atomic E-state index is 0.131. The second-order valence-electron chi connectivity index (χ2n) is 14.3. The zero-order chi connectivity index (χ0) is 34.2. The van der Waals surface area contributed by atoms with Crippen molar-refractivity contribution >= 4 is 55.4 Å². The summed E-state index contributed by atoms with van der Waals surface area (Å²) in [5, 5.41) is 9.15. The predicted octanol–water partition coefficient (Wildman–Crippen LogP) is 11.4. The normalized spacial score (nSPS) is 19.4. The van der Waals surface area contributed by atoms with E-state index in [9.17, 15) is 0 Å². The quantitative estimate of drug-likeness (QED) is 0.199. The fraction of sp³-hybridized carbons (Fsp3) is 0.104. The number of fused-ring (bicyclic) bond motifs is 9. The highest BCUT2D eigenvalue weighted by atomic mass is 15.1. The number of para-hydroxylation sites is 2. The van der Waals surface area contributed by atoms with E-state index in [0.717, 1.165) is 29.8 Å². The van der Waals surface area contributed by atoms with Crippen molar-refractivity contribution in [3.05, 3.63) is 186 Å². The van der Waals surface area contributed by atoms with Gasteiger partial charge < -0.3 is 9.13 Å². The standard InChI is InChI=1S/C48H36N4/c1-3-15-32(16-4-1)47-38-23-9-11-24-41(38)49-48(50-47)33-17-13-20-35(28-33)52-42-25-12-10-22-37(42)39-29-40-45(30-44(39)52)51(34-18-5-2-6-19-34)43-27-26-31-14-7-8-21-36(31)46(40)43/h1-7,9-20,22-30,38,47-48,50H,8,21H2. The molecule has 0 saturated carbocycles. The summed E-state index contributed by atoms with van der Waals surface area (Å²) < 4.78 is 4.92. The molecule has 11 rings (SSSR count). The maximum absolute atomic E-state index is 5.29. The predicted molar refractivity (Wildman–Crippen MR) is 217 cm³/mol. The monoisotopic (exact) mass is 668 g/mol. The molecule has 1 N–H and O–H groups in total. The lowest BCUT2D eigenvalue weighted by Gasteiger charge is -2.36.